The average molecular weight is 341 g/mol. The van der Waals surface area contributed by atoms with Crippen LogP contribution in [0.3, 0.4) is 0 Å². The first-order valence-corrected chi connectivity index (χ1v) is 7.52. The third-order valence-electron chi connectivity index (χ3n) is 3.33. The summed E-state index contributed by atoms with van der Waals surface area (Å²) in [6.07, 6.45) is 1.36. The highest BCUT2D eigenvalue weighted by atomic mass is 16.5. The Bertz CT molecular complexity index is 738. The van der Waals surface area contributed by atoms with Crippen LogP contribution in [0.2, 0.25) is 0 Å². The van der Waals surface area contributed by atoms with Gasteiger partial charge in [-0.3, -0.25) is 9.59 Å². The number of methoxy groups -OCH3 is 2. The van der Waals surface area contributed by atoms with E-state index >= 15 is 0 Å². The lowest BCUT2D eigenvalue weighted by atomic mass is 10.2. The number of carbonyl (C=O) groups is 2. The molecule has 2 aromatic carbocycles. The van der Waals surface area contributed by atoms with Gasteiger partial charge in [0, 0.05) is 6.54 Å². The highest BCUT2D eigenvalue weighted by Gasteiger charge is 2.12. The molecule has 7 heteroatoms. The monoisotopic (exact) mass is 341 g/mol. The smallest absolute Gasteiger partial charge is 0.329 e. The SMILES string of the molecule is COc1cccc(OC)c1/C=N\NC(=O)C(=O)NCc1ccccc1. The van der Waals surface area contributed by atoms with Gasteiger partial charge >= 0.3 is 11.8 Å². The van der Waals surface area contributed by atoms with Gasteiger partial charge in [0.05, 0.1) is 26.0 Å². The fraction of sp³-hybridized carbons (Fsp3) is 0.167. The number of nitrogens with zero attached hydrogens (tertiary/aromatic N) is 1. The third kappa shape index (κ3) is 5.07. The molecule has 2 rings (SSSR count). The van der Waals surface area contributed by atoms with Gasteiger partial charge in [-0.25, -0.2) is 5.43 Å². The number of benzene rings is 2. The minimum atomic E-state index is -0.860. The van der Waals surface area contributed by atoms with E-state index in [1.807, 2.05) is 30.3 Å². The molecule has 0 unspecified atom stereocenters. The summed E-state index contributed by atoms with van der Waals surface area (Å²) in [5, 5.41) is 6.31. The largest absolute Gasteiger partial charge is 0.496 e. The van der Waals surface area contributed by atoms with E-state index in [1.54, 1.807) is 18.2 Å². The lowest BCUT2D eigenvalue weighted by Crippen LogP contribution is -2.37. The Hall–Kier alpha value is -3.35. The highest BCUT2D eigenvalue weighted by molar-refractivity contribution is 6.35. The zero-order chi connectivity index (χ0) is 18.1. The third-order valence-corrected chi connectivity index (χ3v) is 3.33. The molecule has 0 heterocycles. The van der Waals surface area contributed by atoms with Gasteiger partial charge in [0.15, 0.2) is 0 Å². The maximum Gasteiger partial charge on any atom is 0.329 e. The zero-order valence-corrected chi connectivity index (χ0v) is 14.0. The van der Waals surface area contributed by atoms with Gasteiger partial charge in [0.25, 0.3) is 0 Å². The number of rotatable bonds is 6. The second-order valence-electron chi connectivity index (χ2n) is 4.94. The maximum absolute atomic E-state index is 11.8. The van der Waals surface area contributed by atoms with Gasteiger partial charge < -0.3 is 14.8 Å². The number of hydrazone groups is 1. The quantitative estimate of drug-likeness (QED) is 0.473. The fourth-order valence-corrected chi connectivity index (χ4v) is 2.07. The predicted molar refractivity (Wildman–Crippen MR) is 93.6 cm³/mol. The van der Waals surface area contributed by atoms with Crippen molar-refractivity contribution >= 4 is 18.0 Å². The van der Waals surface area contributed by atoms with E-state index in [1.165, 1.54) is 20.4 Å². The first-order chi connectivity index (χ1) is 12.2. The Morgan fingerprint density at radius 2 is 1.60 bits per heavy atom. The molecule has 0 atom stereocenters. The van der Waals surface area contributed by atoms with Crippen molar-refractivity contribution in [1.82, 2.24) is 10.7 Å². The van der Waals surface area contributed by atoms with Crippen LogP contribution in [-0.2, 0) is 16.1 Å². The van der Waals surface area contributed by atoms with Crippen LogP contribution < -0.4 is 20.2 Å². The summed E-state index contributed by atoms with van der Waals surface area (Å²) in [6.45, 7) is 0.261. The predicted octanol–water partition coefficient (Wildman–Crippen LogP) is 1.47. The van der Waals surface area contributed by atoms with Crippen LogP contribution in [0.4, 0.5) is 0 Å². The zero-order valence-electron chi connectivity index (χ0n) is 14.0. The number of hydrogen-bond donors (Lipinski definition) is 2. The molecule has 0 fully saturated rings. The summed E-state index contributed by atoms with van der Waals surface area (Å²) in [5.41, 5.74) is 3.62. The molecule has 2 aromatic rings. The first-order valence-electron chi connectivity index (χ1n) is 7.52. The summed E-state index contributed by atoms with van der Waals surface area (Å²) in [4.78, 5) is 23.5. The molecule has 0 saturated heterocycles. The van der Waals surface area contributed by atoms with Crippen LogP contribution in [-0.4, -0.2) is 32.2 Å². The molecule has 0 saturated carbocycles. The normalized spacial score (nSPS) is 10.3. The van der Waals surface area contributed by atoms with Crippen molar-refractivity contribution in [2.45, 2.75) is 6.54 Å². The maximum atomic E-state index is 11.8. The number of hydrogen-bond acceptors (Lipinski definition) is 5. The Balaban J connectivity index is 1.93. The lowest BCUT2D eigenvalue weighted by molar-refractivity contribution is -0.139. The van der Waals surface area contributed by atoms with Gasteiger partial charge in [0.2, 0.25) is 0 Å². The van der Waals surface area contributed by atoms with Crippen LogP contribution in [0, 0.1) is 0 Å². The molecular formula is C18H19N3O4. The van der Waals surface area contributed by atoms with Crippen LogP contribution in [0.5, 0.6) is 11.5 Å². The summed E-state index contributed by atoms with van der Waals surface area (Å²) < 4.78 is 10.4. The van der Waals surface area contributed by atoms with Gasteiger partial charge in [-0.2, -0.15) is 5.10 Å². The molecule has 7 nitrogen and oxygen atoms in total. The Kier molecular flexibility index (Phi) is 6.53. The van der Waals surface area contributed by atoms with Crippen molar-refractivity contribution in [2.24, 2.45) is 5.10 Å². The van der Waals surface area contributed by atoms with Crippen LogP contribution in [0.1, 0.15) is 11.1 Å². The Morgan fingerprint density at radius 3 is 2.20 bits per heavy atom. The molecule has 2 N–H and O–H groups in total. The van der Waals surface area contributed by atoms with Crippen LogP contribution in [0.25, 0.3) is 0 Å². The summed E-state index contributed by atoms with van der Waals surface area (Å²) in [5.74, 6) is -0.564. The summed E-state index contributed by atoms with van der Waals surface area (Å²) >= 11 is 0. The van der Waals surface area contributed by atoms with E-state index in [-0.39, 0.29) is 6.54 Å². The molecule has 0 aliphatic rings. The number of amides is 2. The summed E-state index contributed by atoms with van der Waals surface area (Å²) in [7, 11) is 3.03. The number of carbonyl (C=O) groups excluding carboxylic acids is 2. The Morgan fingerprint density at radius 1 is 0.960 bits per heavy atom. The molecule has 130 valence electrons. The van der Waals surface area contributed by atoms with E-state index in [0.29, 0.717) is 17.1 Å². The van der Waals surface area contributed by atoms with Crippen molar-refractivity contribution < 1.29 is 19.1 Å². The fourth-order valence-electron chi connectivity index (χ4n) is 2.07. The van der Waals surface area contributed by atoms with Gasteiger partial charge in [-0.15, -0.1) is 0 Å². The molecule has 2 amide bonds. The van der Waals surface area contributed by atoms with E-state index in [2.05, 4.69) is 15.8 Å². The van der Waals surface area contributed by atoms with Gasteiger partial charge in [0.1, 0.15) is 11.5 Å². The van der Waals surface area contributed by atoms with E-state index in [4.69, 9.17) is 9.47 Å². The molecule has 0 aliphatic heterocycles. The van der Waals surface area contributed by atoms with Crippen molar-refractivity contribution in [3.05, 3.63) is 59.7 Å². The molecule has 0 radical (unpaired) electrons. The van der Waals surface area contributed by atoms with E-state index < -0.39 is 11.8 Å². The lowest BCUT2D eigenvalue weighted by Gasteiger charge is -2.09. The molecule has 0 aliphatic carbocycles. The minimum Gasteiger partial charge on any atom is -0.496 e. The molecule has 0 spiro atoms. The number of ether oxygens (including phenoxy) is 2. The topological polar surface area (TPSA) is 89.0 Å². The standard InChI is InChI=1S/C18H19N3O4/c1-24-15-9-6-10-16(25-2)14(15)12-20-21-18(23)17(22)19-11-13-7-4-3-5-8-13/h3-10,12H,11H2,1-2H3,(H,19,22)(H,21,23)/b20-12-. The second-order valence-corrected chi connectivity index (χ2v) is 4.94. The van der Waals surface area contributed by atoms with Crippen LogP contribution in [0.15, 0.2) is 53.6 Å². The molecule has 0 bridgehead atoms. The van der Waals surface area contributed by atoms with Crippen LogP contribution >= 0.6 is 0 Å². The molecular weight excluding hydrogens is 322 g/mol. The average Bonchev–Trinajstić information content (AvgIpc) is 2.66. The minimum absolute atomic E-state index is 0.261. The van der Waals surface area contributed by atoms with Crippen molar-refractivity contribution in [3.63, 3.8) is 0 Å². The van der Waals surface area contributed by atoms with Gasteiger partial charge in [-0.05, 0) is 17.7 Å². The van der Waals surface area contributed by atoms with Crippen molar-refractivity contribution in [2.75, 3.05) is 14.2 Å². The highest BCUT2D eigenvalue weighted by Crippen LogP contribution is 2.25. The van der Waals surface area contributed by atoms with Crippen molar-refractivity contribution in [3.8, 4) is 11.5 Å². The van der Waals surface area contributed by atoms with Gasteiger partial charge in [-0.1, -0.05) is 36.4 Å². The Labute approximate surface area is 145 Å². The van der Waals surface area contributed by atoms with Crippen molar-refractivity contribution in [1.29, 1.82) is 0 Å². The second kappa shape index (κ2) is 9.07. The summed E-state index contributed by atoms with van der Waals surface area (Å²) in [6, 6.07) is 14.5. The van der Waals surface area contributed by atoms with E-state index in [9.17, 15) is 9.59 Å². The molecule has 25 heavy (non-hydrogen) atoms. The molecule has 0 aromatic heterocycles. The number of nitrogens with one attached hydrogen (secondary N) is 2. The van der Waals surface area contributed by atoms with E-state index in [0.717, 1.165) is 5.56 Å². The first kappa shape index (κ1) is 18.0.